The van der Waals surface area contributed by atoms with Crippen molar-refractivity contribution in [3.63, 3.8) is 0 Å². The lowest BCUT2D eigenvalue weighted by Gasteiger charge is -2.21. The summed E-state index contributed by atoms with van der Waals surface area (Å²) in [6, 6.07) is 2.51. The molecule has 1 saturated carbocycles. The van der Waals surface area contributed by atoms with Gasteiger partial charge in [-0.05, 0) is 37.0 Å². The van der Waals surface area contributed by atoms with Gasteiger partial charge in [-0.25, -0.2) is 4.98 Å². The lowest BCUT2D eigenvalue weighted by Crippen LogP contribution is -2.30. The predicted octanol–water partition coefficient (Wildman–Crippen LogP) is 5.56. The van der Waals surface area contributed by atoms with E-state index < -0.39 is 29.2 Å². The van der Waals surface area contributed by atoms with Gasteiger partial charge in [0, 0.05) is 12.0 Å². The maximum atomic E-state index is 13.4. The molecule has 2 aromatic rings. The molecule has 0 unspecified atom stereocenters. The highest BCUT2D eigenvalue weighted by Gasteiger charge is 2.38. The molecule has 1 atom stereocenters. The molecule has 0 amide bonds. The molecule has 0 spiro atoms. The SMILES string of the molecule is CC(C)[C@@H](CO)Nc1nc(Nc2ccc(C(F)(F)F)cc2C(F)(F)F)cc(C2CC2)n1. The topological polar surface area (TPSA) is 70.1 Å². The number of alkyl halides is 6. The van der Waals surface area contributed by atoms with Gasteiger partial charge < -0.3 is 15.7 Å². The smallest absolute Gasteiger partial charge is 0.394 e. The summed E-state index contributed by atoms with van der Waals surface area (Å²) >= 11 is 0. The Morgan fingerprint density at radius 3 is 2.23 bits per heavy atom. The summed E-state index contributed by atoms with van der Waals surface area (Å²) < 4.78 is 79.0. The number of aliphatic hydroxyl groups is 1. The Bertz CT molecular complexity index is 925. The average Bonchev–Trinajstić information content (AvgIpc) is 3.49. The van der Waals surface area contributed by atoms with Gasteiger partial charge in [-0.3, -0.25) is 0 Å². The van der Waals surface area contributed by atoms with Crippen LogP contribution < -0.4 is 10.6 Å². The van der Waals surface area contributed by atoms with E-state index in [1.807, 2.05) is 13.8 Å². The van der Waals surface area contributed by atoms with Crippen molar-refractivity contribution in [1.82, 2.24) is 9.97 Å². The molecule has 5 nitrogen and oxygen atoms in total. The zero-order chi connectivity index (χ0) is 23.0. The predicted molar refractivity (Wildman–Crippen MR) is 103 cm³/mol. The lowest BCUT2D eigenvalue weighted by molar-refractivity contribution is -0.142. The average molecular weight is 448 g/mol. The second kappa shape index (κ2) is 8.52. The van der Waals surface area contributed by atoms with Crippen LogP contribution in [0.5, 0.6) is 0 Å². The van der Waals surface area contributed by atoms with Gasteiger partial charge in [-0.1, -0.05) is 13.8 Å². The van der Waals surface area contributed by atoms with Crippen LogP contribution in [0.2, 0.25) is 0 Å². The summed E-state index contributed by atoms with van der Waals surface area (Å²) in [6.45, 7) is 3.54. The van der Waals surface area contributed by atoms with Gasteiger partial charge in [0.05, 0.1) is 35.2 Å². The fourth-order valence-electron chi connectivity index (χ4n) is 2.97. The highest BCUT2D eigenvalue weighted by molar-refractivity contribution is 5.63. The Hall–Kier alpha value is -2.56. The monoisotopic (exact) mass is 448 g/mol. The zero-order valence-corrected chi connectivity index (χ0v) is 16.8. The number of nitrogens with zero attached hydrogens (tertiary/aromatic N) is 2. The first-order chi connectivity index (χ1) is 14.4. The summed E-state index contributed by atoms with van der Waals surface area (Å²) in [4.78, 5) is 8.55. The number of hydrogen-bond acceptors (Lipinski definition) is 5. The number of halogens is 6. The molecule has 0 saturated heterocycles. The molecule has 31 heavy (non-hydrogen) atoms. The molecule has 3 N–H and O–H groups in total. The van der Waals surface area contributed by atoms with E-state index in [4.69, 9.17) is 0 Å². The maximum absolute atomic E-state index is 13.4. The van der Waals surface area contributed by atoms with E-state index in [1.54, 1.807) is 0 Å². The van der Waals surface area contributed by atoms with E-state index in [2.05, 4.69) is 20.6 Å². The summed E-state index contributed by atoms with van der Waals surface area (Å²) in [7, 11) is 0. The number of benzene rings is 1. The zero-order valence-electron chi connectivity index (χ0n) is 16.8. The molecule has 3 rings (SSSR count). The normalized spacial score (nSPS) is 15.8. The first kappa shape index (κ1) is 23.1. The second-order valence-corrected chi connectivity index (χ2v) is 7.83. The van der Waals surface area contributed by atoms with E-state index in [-0.39, 0.29) is 42.3 Å². The van der Waals surface area contributed by atoms with Crippen molar-refractivity contribution in [1.29, 1.82) is 0 Å². The number of hydrogen-bond donors (Lipinski definition) is 3. The number of aliphatic hydroxyl groups excluding tert-OH is 1. The van der Waals surface area contributed by atoms with Crippen molar-refractivity contribution in [3.05, 3.63) is 41.1 Å². The van der Waals surface area contributed by atoms with E-state index in [9.17, 15) is 31.4 Å². The fraction of sp³-hybridized carbons (Fsp3) is 0.500. The van der Waals surface area contributed by atoms with Gasteiger partial charge in [0.25, 0.3) is 0 Å². The first-order valence-corrected chi connectivity index (χ1v) is 9.70. The van der Waals surface area contributed by atoms with Gasteiger partial charge >= 0.3 is 12.4 Å². The van der Waals surface area contributed by atoms with Crippen molar-refractivity contribution >= 4 is 17.5 Å². The number of nitrogens with one attached hydrogen (secondary N) is 2. The molecular weight excluding hydrogens is 426 g/mol. The van der Waals surface area contributed by atoms with Crippen LogP contribution in [0.25, 0.3) is 0 Å². The molecule has 1 aliphatic carbocycles. The number of aromatic nitrogens is 2. The summed E-state index contributed by atoms with van der Waals surface area (Å²) in [5.74, 6) is 0.317. The summed E-state index contributed by atoms with van der Waals surface area (Å²) in [6.07, 6.45) is -8.16. The van der Waals surface area contributed by atoms with Crippen LogP contribution in [0.4, 0.5) is 43.8 Å². The summed E-state index contributed by atoms with van der Waals surface area (Å²) in [5.41, 5.74) is -2.77. The van der Waals surface area contributed by atoms with Crippen molar-refractivity contribution in [2.45, 2.75) is 51.0 Å². The molecule has 1 aliphatic rings. The molecule has 1 heterocycles. The Morgan fingerprint density at radius 2 is 1.71 bits per heavy atom. The Morgan fingerprint density at radius 1 is 1.03 bits per heavy atom. The highest BCUT2D eigenvalue weighted by Crippen LogP contribution is 2.42. The first-order valence-electron chi connectivity index (χ1n) is 9.70. The molecule has 0 aliphatic heterocycles. The van der Waals surface area contributed by atoms with Gasteiger partial charge in [0.1, 0.15) is 5.82 Å². The molecule has 1 fully saturated rings. The van der Waals surface area contributed by atoms with Gasteiger partial charge in [0.2, 0.25) is 5.95 Å². The Kier molecular flexibility index (Phi) is 6.35. The Labute approximate surface area is 174 Å². The molecule has 11 heteroatoms. The molecular formula is C20H22F6N4O. The molecule has 170 valence electrons. The third-order valence-electron chi connectivity index (χ3n) is 4.97. The van der Waals surface area contributed by atoms with E-state index in [0.29, 0.717) is 11.8 Å². The number of rotatable bonds is 7. The maximum Gasteiger partial charge on any atom is 0.418 e. The third-order valence-corrected chi connectivity index (χ3v) is 4.97. The molecule has 0 radical (unpaired) electrons. The van der Waals surface area contributed by atoms with Crippen LogP contribution in [0.1, 0.15) is 49.4 Å². The van der Waals surface area contributed by atoms with Crippen molar-refractivity contribution in [2.75, 3.05) is 17.2 Å². The summed E-state index contributed by atoms with van der Waals surface area (Å²) in [5, 5.41) is 15.0. The minimum Gasteiger partial charge on any atom is -0.394 e. The van der Waals surface area contributed by atoms with Crippen LogP contribution in [-0.4, -0.2) is 27.7 Å². The van der Waals surface area contributed by atoms with Gasteiger partial charge in [0.15, 0.2) is 0 Å². The van der Waals surface area contributed by atoms with E-state index in [0.717, 1.165) is 18.9 Å². The quantitative estimate of drug-likeness (QED) is 0.484. The molecule has 0 bridgehead atoms. The fourth-order valence-corrected chi connectivity index (χ4v) is 2.97. The highest BCUT2D eigenvalue weighted by atomic mass is 19.4. The standard InChI is InChI=1S/C20H22F6N4O/c1-10(2)16(9-31)29-18-28-15(11-3-4-11)8-17(30-18)27-14-6-5-12(19(21,22)23)7-13(14)20(24,25)26/h5-8,10-11,16,31H,3-4,9H2,1-2H3,(H2,27,28,29,30)/t16-/m1/s1. The molecule has 1 aromatic carbocycles. The van der Waals surface area contributed by atoms with Crippen LogP contribution in [0.3, 0.4) is 0 Å². The van der Waals surface area contributed by atoms with Crippen molar-refractivity contribution in [3.8, 4) is 0 Å². The van der Waals surface area contributed by atoms with E-state index in [1.165, 1.54) is 6.07 Å². The van der Waals surface area contributed by atoms with Crippen molar-refractivity contribution < 1.29 is 31.4 Å². The second-order valence-electron chi connectivity index (χ2n) is 7.83. The van der Waals surface area contributed by atoms with Crippen LogP contribution in [0, 0.1) is 5.92 Å². The number of anilines is 3. The van der Waals surface area contributed by atoms with Crippen LogP contribution >= 0.6 is 0 Å². The van der Waals surface area contributed by atoms with E-state index >= 15 is 0 Å². The third kappa shape index (κ3) is 5.78. The largest absolute Gasteiger partial charge is 0.418 e. The Balaban J connectivity index is 1.98. The van der Waals surface area contributed by atoms with Crippen LogP contribution in [0.15, 0.2) is 24.3 Å². The minimum absolute atomic E-state index is 0.0186. The molecule has 1 aromatic heterocycles. The van der Waals surface area contributed by atoms with Crippen molar-refractivity contribution in [2.24, 2.45) is 5.92 Å². The van der Waals surface area contributed by atoms with Gasteiger partial charge in [-0.2, -0.15) is 31.3 Å². The van der Waals surface area contributed by atoms with Gasteiger partial charge in [-0.15, -0.1) is 0 Å². The van der Waals surface area contributed by atoms with Crippen LogP contribution in [-0.2, 0) is 12.4 Å². The minimum atomic E-state index is -5.00. The lowest BCUT2D eigenvalue weighted by atomic mass is 10.1.